The van der Waals surface area contributed by atoms with Crippen molar-refractivity contribution in [2.24, 2.45) is 0 Å². The Bertz CT molecular complexity index is 3300. The molecule has 0 amide bonds. The van der Waals surface area contributed by atoms with Crippen LogP contribution in [0.15, 0.2) is 230 Å². The minimum absolute atomic E-state index is 0.583. The highest BCUT2D eigenvalue weighted by molar-refractivity contribution is 5.89. The van der Waals surface area contributed by atoms with Crippen LogP contribution in [0.25, 0.3) is 33.4 Å². The van der Waals surface area contributed by atoms with Crippen molar-refractivity contribution in [1.82, 2.24) is 14.8 Å². The number of rotatable bonds is 6. The average molecular weight is 834 g/mol. The Labute approximate surface area is 381 Å². The molecule has 9 aromatic rings. The van der Waals surface area contributed by atoms with Crippen LogP contribution >= 0.6 is 0 Å². The van der Waals surface area contributed by atoms with Crippen LogP contribution in [-0.4, -0.2) is 28.5 Å². The summed E-state index contributed by atoms with van der Waals surface area (Å²) in [6, 6.07) is 80.0. The molecule has 0 fully saturated rings. The lowest BCUT2D eigenvalue weighted by Crippen LogP contribution is -2.46. The molecule has 310 valence electrons. The van der Waals surface area contributed by atoms with Crippen LogP contribution < -0.4 is 0 Å². The normalized spacial score (nSPS) is 16.4. The second-order valence-electron chi connectivity index (χ2n) is 18.3. The molecular weight excluding hydrogens is 787 g/mol. The lowest BCUT2D eigenvalue weighted by atomic mass is 9.64. The molecular formula is C62H47N3. The predicted molar refractivity (Wildman–Crippen MR) is 263 cm³/mol. The van der Waals surface area contributed by atoms with Crippen LogP contribution in [0.5, 0.6) is 0 Å². The third kappa shape index (κ3) is 4.77. The second-order valence-corrected chi connectivity index (χ2v) is 18.3. The quantitative estimate of drug-likeness (QED) is 0.166. The number of allylic oxidation sites excluding steroid dienone is 2. The molecule has 0 radical (unpaired) electrons. The monoisotopic (exact) mass is 833 g/mol. The molecule has 0 saturated heterocycles. The number of benzene rings is 8. The van der Waals surface area contributed by atoms with Crippen molar-refractivity contribution < 1.29 is 0 Å². The van der Waals surface area contributed by atoms with Gasteiger partial charge in [0.05, 0.1) is 23.2 Å². The predicted octanol–water partition coefficient (Wildman–Crippen LogP) is 13.5. The van der Waals surface area contributed by atoms with Gasteiger partial charge in [0.15, 0.2) is 0 Å². The summed E-state index contributed by atoms with van der Waals surface area (Å²) in [5.41, 5.74) is 22.1. The highest BCUT2D eigenvalue weighted by atomic mass is 15.4. The standard InChI is InChI=1S/C62H47N3/c1-41-42(2)65(40-64(41)3)62(57-34-14-8-28-51(57)52-29-9-15-35-58(52)62)46-23-19-21-44(39-46)60(53-30-10-4-24-47(53)48-25-5-11-31-54(48)60)43-20-18-22-45(38-43)61(59-36-16-17-37-63-59)55-32-12-6-26-49(55)50-27-7-13-33-56(50)61/h4-39H,40H2,1-3H3. The zero-order valence-electron chi connectivity index (χ0n) is 36.8. The van der Waals surface area contributed by atoms with E-state index in [0.29, 0.717) is 0 Å². The van der Waals surface area contributed by atoms with Crippen LogP contribution in [-0.2, 0) is 16.4 Å². The van der Waals surface area contributed by atoms with Crippen molar-refractivity contribution in [3.8, 4) is 33.4 Å². The topological polar surface area (TPSA) is 19.4 Å². The number of pyridine rings is 1. The Morgan fingerprint density at radius 2 is 0.738 bits per heavy atom. The lowest BCUT2D eigenvalue weighted by molar-refractivity contribution is 0.181. The molecule has 0 spiro atoms. The van der Waals surface area contributed by atoms with Gasteiger partial charge in [-0.3, -0.25) is 4.98 Å². The van der Waals surface area contributed by atoms with Crippen molar-refractivity contribution in [3.63, 3.8) is 0 Å². The third-order valence-corrected chi connectivity index (χ3v) is 15.6. The maximum absolute atomic E-state index is 5.22. The highest BCUT2D eigenvalue weighted by Crippen LogP contribution is 2.61. The summed E-state index contributed by atoms with van der Waals surface area (Å²) in [5.74, 6) is 0. The van der Waals surface area contributed by atoms with Crippen LogP contribution in [0.3, 0.4) is 0 Å². The van der Waals surface area contributed by atoms with E-state index in [1.165, 1.54) is 100 Å². The van der Waals surface area contributed by atoms with Crippen molar-refractivity contribution in [2.75, 3.05) is 13.7 Å². The summed E-state index contributed by atoms with van der Waals surface area (Å²) in [7, 11) is 2.23. The molecule has 0 saturated carbocycles. The Balaban J connectivity index is 1.13. The van der Waals surface area contributed by atoms with E-state index in [0.717, 1.165) is 12.4 Å². The van der Waals surface area contributed by atoms with Crippen LogP contribution in [0.1, 0.15) is 75.2 Å². The van der Waals surface area contributed by atoms with Gasteiger partial charge in [-0.15, -0.1) is 0 Å². The van der Waals surface area contributed by atoms with Gasteiger partial charge in [0.25, 0.3) is 0 Å². The molecule has 0 atom stereocenters. The molecule has 0 bridgehead atoms. The van der Waals surface area contributed by atoms with Gasteiger partial charge in [0, 0.05) is 24.6 Å². The lowest BCUT2D eigenvalue weighted by Gasteiger charge is -2.44. The zero-order chi connectivity index (χ0) is 43.5. The van der Waals surface area contributed by atoms with Crippen molar-refractivity contribution in [3.05, 3.63) is 291 Å². The maximum atomic E-state index is 5.22. The molecule has 13 rings (SSSR count). The molecule has 3 nitrogen and oxygen atoms in total. The van der Waals surface area contributed by atoms with Crippen LogP contribution in [0.2, 0.25) is 0 Å². The summed E-state index contributed by atoms with van der Waals surface area (Å²) in [6.45, 7) is 5.35. The van der Waals surface area contributed by atoms with E-state index in [2.05, 4.69) is 237 Å². The van der Waals surface area contributed by atoms with Gasteiger partial charge < -0.3 is 9.80 Å². The Hall–Kier alpha value is -7.75. The third-order valence-electron chi connectivity index (χ3n) is 15.6. The van der Waals surface area contributed by atoms with E-state index in [9.17, 15) is 0 Å². The number of aromatic nitrogens is 1. The molecule has 8 aromatic carbocycles. The van der Waals surface area contributed by atoms with Gasteiger partial charge in [-0.1, -0.05) is 200 Å². The number of hydrogen-bond acceptors (Lipinski definition) is 3. The van der Waals surface area contributed by atoms with Gasteiger partial charge in [0.2, 0.25) is 0 Å². The minimum atomic E-state index is -0.663. The zero-order valence-corrected chi connectivity index (χ0v) is 36.8. The molecule has 3 aliphatic carbocycles. The molecule has 3 heteroatoms. The smallest absolute Gasteiger partial charge is 0.119 e. The summed E-state index contributed by atoms with van der Waals surface area (Å²) in [5, 5.41) is 0. The van der Waals surface area contributed by atoms with E-state index in [1.54, 1.807) is 0 Å². The maximum Gasteiger partial charge on any atom is 0.119 e. The summed E-state index contributed by atoms with van der Waals surface area (Å²) < 4.78 is 0. The Kier molecular flexibility index (Phi) is 8.06. The van der Waals surface area contributed by atoms with E-state index in [1.807, 2.05) is 12.3 Å². The molecule has 0 unspecified atom stereocenters. The van der Waals surface area contributed by atoms with E-state index < -0.39 is 16.4 Å². The molecule has 65 heavy (non-hydrogen) atoms. The van der Waals surface area contributed by atoms with Crippen LogP contribution in [0.4, 0.5) is 0 Å². The first kappa shape index (κ1) is 37.8. The van der Waals surface area contributed by atoms with Crippen molar-refractivity contribution in [2.45, 2.75) is 30.2 Å². The van der Waals surface area contributed by atoms with Gasteiger partial charge in [-0.2, -0.15) is 0 Å². The van der Waals surface area contributed by atoms with E-state index in [-0.39, 0.29) is 0 Å². The summed E-state index contributed by atoms with van der Waals surface area (Å²) in [6.07, 6.45) is 1.95. The fourth-order valence-electron chi connectivity index (χ4n) is 12.8. The fourth-order valence-corrected chi connectivity index (χ4v) is 12.8. The van der Waals surface area contributed by atoms with Gasteiger partial charge in [-0.25, -0.2) is 0 Å². The molecule has 4 aliphatic rings. The Morgan fingerprint density at radius 1 is 0.369 bits per heavy atom. The number of fused-ring (bicyclic) bond motifs is 9. The Morgan fingerprint density at radius 3 is 1.17 bits per heavy atom. The molecule has 0 N–H and O–H groups in total. The van der Waals surface area contributed by atoms with Crippen molar-refractivity contribution in [1.29, 1.82) is 0 Å². The van der Waals surface area contributed by atoms with Crippen LogP contribution in [0, 0.1) is 0 Å². The van der Waals surface area contributed by atoms with E-state index >= 15 is 0 Å². The second kappa shape index (κ2) is 13.9. The highest BCUT2D eigenvalue weighted by Gasteiger charge is 2.54. The first-order chi connectivity index (χ1) is 32.0. The van der Waals surface area contributed by atoms with Gasteiger partial charge in [0.1, 0.15) is 5.54 Å². The minimum Gasteiger partial charge on any atom is -0.359 e. The van der Waals surface area contributed by atoms with Gasteiger partial charge in [-0.05, 0) is 115 Å². The SMILES string of the molecule is CC1=C(C)N(C2(c3cccc(C4(c5cccc(C6(c7ccccn7)c7ccccc7-c7ccccc76)c5)c5ccccc5-c5ccccc54)c3)c3ccccc3-c3ccccc32)CN1C. The summed E-state index contributed by atoms with van der Waals surface area (Å²) >= 11 is 0. The largest absolute Gasteiger partial charge is 0.359 e. The summed E-state index contributed by atoms with van der Waals surface area (Å²) in [4.78, 5) is 10.3. The first-order valence-corrected chi connectivity index (χ1v) is 22.9. The molecule has 2 heterocycles. The average Bonchev–Trinajstić information content (AvgIpc) is 4.04. The van der Waals surface area contributed by atoms with E-state index in [4.69, 9.17) is 4.98 Å². The number of nitrogens with zero attached hydrogens (tertiary/aromatic N) is 3. The molecule has 1 aliphatic heterocycles. The fraction of sp³-hybridized carbons (Fsp3) is 0.113. The van der Waals surface area contributed by atoms with Crippen molar-refractivity contribution >= 4 is 0 Å². The molecule has 1 aromatic heterocycles. The first-order valence-electron chi connectivity index (χ1n) is 22.9. The van der Waals surface area contributed by atoms with Gasteiger partial charge >= 0.3 is 0 Å². The number of hydrogen-bond donors (Lipinski definition) is 0.